The van der Waals surface area contributed by atoms with Gasteiger partial charge in [0.1, 0.15) is 24.1 Å². The van der Waals surface area contributed by atoms with Crippen molar-refractivity contribution >= 4 is 41.0 Å². The fourth-order valence-electron chi connectivity index (χ4n) is 4.68. The molecule has 0 saturated heterocycles. The summed E-state index contributed by atoms with van der Waals surface area (Å²) in [4.78, 5) is 43.1. The lowest BCUT2D eigenvalue weighted by Crippen LogP contribution is -2.40. The molecule has 1 N–H and O–H groups in total. The monoisotopic (exact) mass is 604 g/mol. The zero-order valence-corrected chi connectivity index (χ0v) is 24.4. The number of hydrogen-bond acceptors (Lipinski definition) is 8. The number of fused-ring (bicyclic) bond motifs is 1. The lowest BCUT2D eigenvalue weighted by atomic mass is 9.95. The average molecular weight is 605 g/mol. The molecular weight excluding hydrogens is 580 g/mol. The predicted octanol–water partition coefficient (Wildman–Crippen LogP) is 4.35. The van der Waals surface area contributed by atoms with E-state index in [4.69, 9.17) is 30.9 Å². The van der Waals surface area contributed by atoms with E-state index in [1.54, 1.807) is 49.4 Å². The molecule has 4 aromatic rings. The zero-order valence-electron chi connectivity index (χ0n) is 22.8. The van der Waals surface area contributed by atoms with E-state index in [0.717, 1.165) is 5.56 Å². The van der Waals surface area contributed by atoms with Gasteiger partial charge in [0, 0.05) is 16.1 Å². The van der Waals surface area contributed by atoms with Crippen molar-refractivity contribution < 1.29 is 28.9 Å². The van der Waals surface area contributed by atoms with Crippen LogP contribution in [0.3, 0.4) is 0 Å². The molecule has 1 aliphatic rings. The number of benzene rings is 3. The number of allylic oxidation sites excluding steroid dienone is 1. The Kier molecular flexibility index (Phi) is 8.28. The molecule has 42 heavy (non-hydrogen) atoms. The molecule has 5 rings (SSSR count). The number of aromatic nitrogens is 1. The largest absolute Gasteiger partial charge is 0.496 e. The first kappa shape index (κ1) is 28.8. The molecule has 9 nitrogen and oxygen atoms in total. The average Bonchev–Trinajstić information content (AvgIpc) is 3.29. The summed E-state index contributed by atoms with van der Waals surface area (Å²) in [6, 6.07) is 17.8. The number of carbonyl (C=O) groups is 2. The second-order valence-corrected chi connectivity index (χ2v) is 10.7. The number of carboxylic acid groups (broad SMARTS) is 1. The SMILES string of the molecule is COC(=O)C1=C(C)N=c2s/c(=C\c3ccccc3OCc3ccc(C(=O)O)cc3)c(=O)n2[C@@H]1c1cc(Cl)ccc1OC. The molecule has 3 aromatic carbocycles. The summed E-state index contributed by atoms with van der Waals surface area (Å²) >= 11 is 7.52. The highest BCUT2D eigenvalue weighted by Gasteiger charge is 2.35. The van der Waals surface area contributed by atoms with Gasteiger partial charge in [-0.2, -0.15) is 0 Å². The zero-order chi connectivity index (χ0) is 30.0. The van der Waals surface area contributed by atoms with Gasteiger partial charge in [-0.1, -0.05) is 53.3 Å². The lowest BCUT2D eigenvalue weighted by molar-refractivity contribution is -0.136. The predicted molar refractivity (Wildman–Crippen MR) is 158 cm³/mol. The molecule has 0 saturated carbocycles. The van der Waals surface area contributed by atoms with Crippen molar-refractivity contribution in [3.63, 3.8) is 0 Å². The topological polar surface area (TPSA) is 116 Å². The number of hydrogen-bond donors (Lipinski definition) is 1. The maximum absolute atomic E-state index is 14.0. The van der Waals surface area contributed by atoms with Crippen molar-refractivity contribution in [1.82, 2.24) is 4.57 Å². The van der Waals surface area contributed by atoms with E-state index in [1.165, 1.54) is 42.3 Å². The summed E-state index contributed by atoms with van der Waals surface area (Å²) in [7, 11) is 2.78. The molecule has 0 spiro atoms. The number of para-hydroxylation sites is 1. The molecule has 11 heteroatoms. The van der Waals surface area contributed by atoms with Gasteiger partial charge in [-0.3, -0.25) is 9.36 Å². The third kappa shape index (κ3) is 5.59. The minimum absolute atomic E-state index is 0.189. The highest BCUT2D eigenvalue weighted by Crippen LogP contribution is 2.37. The second-order valence-electron chi connectivity index (χ2n) is 9.29. The Labute approximate surface area is 249 Å². The minimum Gasteiger partial charge on any atom is -0.496 e. The number of nitrogens with zero attached hydrogens (tertiary/aromatic N) is 2. The molecule has 1 aliphatic heterocycles. The van der Waals surface area contributed by atoms with E-state index in [2.05, 4.69) is 4.99 Å². The number of carbonyl (C=O) groups excluding carboxylic acids is 1. The van der Waals surface area contributed by atoms with Crippen molar-refractivity contribution in [2.24, 2.45) is 4.99 Å². The summed E-state index contributed by atoms with van der Waals surface area (Å²) in [6.45, 7) is 1.89. The number of ether oxygens (including phenoxy) is 3. The summed E-state index contributed by atoms with van der Waals surface area (Å²) in [5, 5.41) is 9.54. The van der Waals surface area contributed by atoms with E-state index in [9.17, 15) is 14.4 Å². The van der Waals surface area contributed by atoms with Crippen LogP contribution in [-0.4, -0.2) is 35.8 Å². The van der Waals surface area contributed by atoms with Gasteiger partial charge in [0.05, 0.1) is 35.6 Å². The lowest BCUT2D eigenvalue weighted by Gasteiger charge is -2.25. The van der Waals surface area contributed by atoms with Crippen LogP contribution in [0.25, 0.3) is 6.08 Å². The first-order valence-electron chi connectivity index (χ1n) is 12.7. The van der Waals surface area contributed by atoms with Gasteiger partial charge in [-0.05, 0) is 55.0 Å². The van der Waals surface area contributed by atoms with Gasteiger partial charge in [0.15, 0.2) is 4.80 Å². The Bertz CT molecular complexity index is 1910. The smallest absolute Gasteiger partial charge is 0.338 e. The number of rotatable bonds is 8. The van der Waals surface area contributed by atoms with E-state index in [0.29, 0.717) is 42.7 Å². The summed E-state index contributed by atoms with van der Waals surface area (Å²) in [5.74, 6) is -0.637. The van der Waals surface area contributed by atoms with E-state index in [-0.39, 0.29) is 23.3 Å². The van der Waals surface area contributed by atoms with Crippen molar-refractivity contribution in [3.8, 4) is 11.5 Å². The molecule has 0 fully saturated rings. The summed E-state index contributed by atoms with van der Waals surface area (Å²) in [6.07, 6.45) is 1.72. The highest BCUT2D eigenvalue weighted by molar-refractivity contribution is 7.07. The second kappa shape index (κ2) is 12.1. The van der Waals surface area contributed by atoms with Crippen LogP contribution in [-0.2, 0) is 16.1 Å². The standard InChI is InChI=1S/C31H25ClN2O7S/c1-17-26(30(38)40-3)27(22-15-21(32)12-13-24(22)39-2)34-28(35)25(42-31(34)33-17)14-20-6-4-5-7-23(20)41-16-18-8-10-19(11-9-18)29(36)37/h4-15,27H,16H2,1-3H3,(H,36,37)/b25-14-/t27-/m1/s1. The first-order chi connectivity index (χ1) is 20.2. The van der Waals surface area contributed by atoms with E-state index >= 15 is 0 Å². The quantitative estimate of drug-likeness (QED) is 0.297. The summed E-state index contributed by atoms with van der Waals surface area (Å²) < 4.78 is 18.5. The van der Waals surface area contributed by atoms with E-state index < -0.39 is 18.0 Å². The molecule has 214 valence electrons. The fourth-order valence-corrected chi connectivity index (χ4v) is 5.90. The molecule has 0 amide bonds. The first-order valence-corrected chi connectivity index (χ1v) is 13.9. The molecule has 2 heterocycles. The third-order valence-electron chi connectivity index (χ3n) is 6.71. The molecule has 0 unspecified atom stereocenters. The Hall–Kier alpha value is -4.67. The van der Waals surface area contributed by atoms with E-state index in [1.807, 2.05) is 18.2 Å². The van der Waals surface area contributed by atoms with Gasteiger partial charge < -0.3 is 19.3 Å². The summed E-state index contributed by atoms with van der Waals surface area (Å²) in [5.41, 5.74) is 2.41. The Morgan fingerprint density at radius 2 is 1.81 bits per heavy atom. The molecule has 1 atom stereocenters. The minimum atomic E-state index is -1.00. The molecule has 0 radical (unpaired) electrons. The van der Waals surface area contributed by atoms with Gasteiger partial charge in [0.2, 0.25) is 0 Å². The van der Waals surface area contributed by atoms with Crippen LogP contribution in [0.1, 0.15) is 40.0 Å². The number of thiazole rings is 1. The van der Waals surface area contributed by atoms with Crippen molar-refractivity contribution in [2.75, 3.05) is 14.2 Å². The number of carboxylic acids is 1. The van der Waals surface area contributed by atoms with Crippen LogP contribution in [0.5, 0.6) is 11.5 Å². The van der Waals surface area contributed by atoms with Crippen LogP contribution in [0.4, 0.5) is 0 Å². The van der Waals surface area contributed by atoms with Crippen molar-refractivity contribution in [2.45, 2.75) is 19.6 Å². The van der Waals surface area contributed by atoms with Crippen molar-refractivity contribution in [1.29, 1.82) is 0 Å². The maximum atomic E-state index is 14.0. The molecular formula is C31H25ClN2O7S. The number of aromatic carboxylic acids is 1. The van der Waals surface area contributed by atoms with Crippen molar-refractivity contribution in [3.05, 3.63) is 125 Å². The Balaban J connectivity index is 1.59. The number of methoxy groups -OCH3 is 2. The van der Waals surface area contributed by atoms with Gasteiger partial charge in [-0.25, -0.2) is 14.6 Å². The van der Waals surface area contributed by atoms with Gasteiger partial charge in [-0.15, -0.1) is 0 Å². The number of halogens is 1. The fraction of sp³-hybridized carbons (Fsp3) is 0.161. The molecule has 0 aliphatic carbocycles. The van der Waals surface area contributed by atoms with Crippen LogP contribution in [0, 0.1) is 0 Å². The Morgan fingerprint density at radius 3 is 2.50 bits per heavy atom. The molecule has 1 aromatic heterocycles. The van der Waals surface area contributed by atoms with Crippen LogP contribution >= 0.6 is 22.9 Å². The molecule has 0 bridgehead atoms. The maximum Gasteiger partial charge on any atom is 0.338 e. The van der Waals surface area contributed by atoms with Crippen LogP contribution in [0.15, 0.2) is 87.8 Å². The number of esters is 1. The van der Waals surface area contributed by atoms with Crippen LogP contribution in [0.2, 0.25) is 5.02 Å². The normalized spacial score (nSPS) is 14.7. The van der Waals surface area contributed by atoms with Gasteiger partial charge >= 0.3 is 11.9 Å². The van der Waals surface area contributed by atoms with Gasteiger partial charge in [0.25, 0.3) is 5.56 Å². The third-order valence-corrected chi connectivity index (χ3v) is 7.93. The Morgan fingerprint density at radius 1 is 1.07 bits per heavy atom. The highest BCUT2D eigenvalue weighted by atomic mass is 35.5. The van der Waals surface area contributed by atoms with Crippen LogP contribution < -0.4 is 24.4 Å².